The molecule has 1 fully saturated rings. The van der Waals surface area contributed by atoms with E-state index in [-0.39, 0.29) is 22.4 Å². The van der Waals surface area contributed by atoms with Crippen molar-refractivity contribution in [1.82, 2.24) is 9.88 Å². The summed E-state index contributed by atoms with van der Waals surface area (Å²) in [6, 6.07) is 16.1. The lowest BCUT2D eigenvalue weighted by molar-refractivity contribution is -0.134. The van der Waals surface area contributed by atoms with Gasteiger partial charge in [-0.1, -0.05) is 18.2 Å². The van der Waals surface area contributed by atoms with E-state index in [9.17, 15) is 13.2 Å². The number of para-hydroxylation sites is 1. The molecule has 0 atom stereocenters. The van der Waals surface area contributed by atoms with Gasteiger partial charge in [-0.05, 0) is 36.4 Å². The number of hydrogen-bond acceptors (Lipinski definition) is 7. The number of nitrogens with one attached hydrogen (secondary N) is 2. The van der Waals surface area contributed by atoms with Crippen molar-refractivity contribution in [3.05, 3.63) is 65.7 Å². The second-order valence-corrected chi connectivity index (χ2v) is 9.48. The summed E-state index contributed by atoms with van der Waals surface area (Å²) in [6.45, 7) is 2.20. The molecule has 0 radical (unpaired) electrons. The van der Waals surface area contributed by atoms with E-state index in [0.717, 1.165) is 22.7 Å². The predicted molar refractivity (Wildman–Crippen MR) is 120 cm³/mol. The molecule has 0 bridgehead atoms. The monoisotopic (exact) mass is 458 g/mol. The fourth-order valence-corrected chi connectivity index (χ4v) is 5.06. The summed E-state index contributed by atoms with van der Waals surface area (Å²) in [7, 11) is -3.78. The molecule has 8 nitrogen and oxygen atoms in total. The van der Waals surface area contributed by atoms with Gasteiger partial charge in [-0.3, -0.25) is 9.52 Å². The van der Waals surface area contributed by atoms with Crippen LogP contribution in [0, 0.1) is 0 Å². The van der Waals surface area contributed by atoms with Crippen molar-refractivity contribution in [3.8, 4) is 0 Å². The van der Waals surface area contributed by atoms with E-state index in [4.69, 9.17) is 4.74 Å². The lowest BCUT2D eigenvalue weighted by Crippen LogP contribution is -2.41. The van der Waals surface area contributed by atoms with Crippen LogP contribution in [-0.4, -0.2) is 50.5 Å². The summed E-state index contributed by atoms with van der Waals surface area (Å²) in [6.07, 6.45) is 0.137. The van der Waals surface area contributed by atoms with Gasteiger partial charge in [0.1, 0.15) is 0 Å². The molecule has 1 aromatic heterocycles. The summed E-state index contributed by atoms with van der Waals surface area (Å²) in [5.41, 5.74) is 2.24. The largest absolute Gasteiger partial charge is 0.378 e. The SMILES string of the molecule is O=C(Cc1csc(NS(=O)(=O)c2ccc(Nc3ccccc3)cc2)n1)N1CCOCC1. The van der Waals surface area contributed by atoms with E-state index in [1.807, 2.05) is 30.3 Å². The Balaban J connectivity index is 1.38. The average Bonchev–Trinajstić information content (AvgIpc) is 3.21. The second kappa shape index (κ2) is 9.46. The number of thiazole rings is 1. The smallest absolute Gasteiger partial charge is 0.263 e. The number of amides is 1. The van der Waals surface area contributed by atoms with Crippen LogP contribution in [0.4, 0.5) is 16.5 Å². The Bertz CT molecular complexity index is 1130. The topological polar surface area (TPSA) is 101 Å². The maximum absolute atomic E-state index is 12.7. The van der Waals surface area contributed by atoms with Crippen LogP contribution < -0.4 is 10.0 Å². The molecular weight excluding hydrogens is 436 g/mol. The third-order valence-corrected chi connectivity index (χ3v) is 6.99. The highest BCUT2D eigenvalue weighted by molar-refractivity contribution is 7.93. The van der Waals surface area contributed by atoms with E-state index in [1.54, 1.807) is 22.4 Å². The third-order valence-electron chi connectivity index (χ3n) is 4.70. The van der Waals surface area contributed by atoms with Gasteiger partial charge in [0.15, 0.2) is 5.13 Å². The quantitative estimate of drug-likeness (QED) is 0.564. The molecule has 0 spiro atoms. The van der Waals surface area contributed by atoms with Gasteiger partial charge in [0.05, 0.1) is 30.2 Å². The van der Waals surface area contributed by atoms with E-state index in [2.05, 4.69) is 15.0 Å². The maximum Gasteiger partial charge on any atom is 0.263 e. The van der Waals surface area contributed by atoms with Crippen molar-refractivity contribution < 1.29 is 17.9 Å². The number of nitrogens with zero attached hydrogens (tertiary/aromatic N) is 2. The van der Waals surface area contributed by atoms with Crippen molar-refractivity contribution in [2.75, 3.05) is 36.3 Å². The van der Waals surface area contributed by atoms with E-state index in [0.29, 0.717) is 32.0 Å². The minimum absolute atomic E-state index is 0.0375. The number of carbonyl (C=O) groups is 1. The minimum atomic E-state index is -3.78. The number of rotatable bonds is 7. The van der Waals surface area contributed by atoms with Crippen LogP contribution in [0.5, 0.6) is 0 Å². The first-order chi connectivity index (χ1) is 15.0. The van der Waals surface area contributed by atoms with Crippen molar-refractivity contribution in [3.63, 3.8) is 0 Å². The number of anilines is 3. The van der Waals surface area contributed by atoms with Crippen LogP contribution in [0.3, 0.4) is 0 Å². The molecule has 1 amide bonds. The van der Waals surface area contributed by atoms with Crippen molar-refractivity contribution >= 4 is 43.8 Å². The summed E-state index contributed by atoms with van der Waals surface area (Å²) in [5.74, 6) is -0.0375. The predicted octanol–water partition coefficient (Wildman–Crippen LogP) is 3.09. The van der Waals surface area contributed by atoms with Gasteiger partial charge in [-0.25, -0.2) is 13.4 Å². The lowest BCUT2D eigenvalue weighted by atomic mass is 10.3. The van der Waals surface area contributed by atoms with Crippen molar-refractivity contribution in [2.24, 2.45) is 0 Å². The molecule has 162 valence electrons. The highest BCUT2D eigenvalue weighted by Crippen LogP contribution is 2.23. The normalized spacial score (nSPS) is 14.3. The lowest BCUT2D eigenvalue weighted by Gasteiger charge is -2.26. The molecule has 2 N–H and O–H groups in total. The zero-order valence-electron chi connectivity index (χ0n) is 16.7. The Hall–Kier alpha value is -2.95. The van der Waals surface area contributed by atoms with E-state index in [1.165, 1.54) is 12.1 Å². The molecule has 2 aromatic carbocycles. The molecular formula is C21H22N4O4S2. The van der Waals surface area contributed by atoms with Gasteiger partial charge in [0.25, 0.3) is 10.0 Å². The molecule has 1 saturated heterocycles. The van der Waals surface area contributed by atoms with Gasteiger partial charge < -0.3 is 15.0 Å². The van der Waals surface area contributed by atoms with Crippen LogP contribution in [0.1, 0.15) is 5.69 Å². The fourth-order valence-electron chi connectivity index (χ4n) is 3.09. The highest BCUT2D eigenvalue weighted by Gasteiger charge is 2.20. The summed E-state index contributed by atoms with van der Waals surface area (Å²) in [5, 5.41) is 5.14. The zero-order valence-corrected chi connectivity index (χ0v) is 18.3. The summed E-state index contributed by atoms with van der Waals surface area (Å²) in [4.78, 5) is 18.5. The Morgan fingerprint density at radius 3 is 2.42 bits per heavy atom. The van der Waals surface area contributed by atoms with Gasteiger partial charge >= 0.3 is 0 Å². The molecule has 1 aliphatic rings. The van der Waals surface area contributed by atoms with Gasteiger partial charge in [0.2, 0.25) is 5.91 Å². The number of aromatic nitrogens is 1. The number of sulfonamides is 1. The molecule has 10 heteroatoms. The molecule has 31 heavy (non-hydrogen) atoms. The Morgan fingerprint density at radius 1 is 1.03 bits per heavy atom. The van der Waals surface area contributed by atoms with Gasteiger partial charge in [0, 0.05) is 29.8 Å². The van der Waals surface area contributed by atoms with Crippen LogP contribution in [0.2, 0.25) is 0 Å². The van der Waals surface area contributed by atoms with E-state index < -0.39 is 10.0 Å². The Kier molecular flexibility index (Phi) is 6.50. The fraction of sp³-hybridized carbons (Fsp3) is 0.238. The average molecular weight is 459 g/mol. The first kappa shape index (κ1) is 21.3. The summed E-state index contributed by atoms with van der Waals surface area (Å²) >= 11 is 1.16. The second-order valence-electron chi connectivity index (χ2n) is 6.93. The molecule has 0 unspecified atom stereocenters. The van der Waals surface area contributed by atoms with E-state index >= 15 is 0 Å². The number of morpholine rings is 1. The van der Waals surface area contributed by atoms with Crippen LogP contribution in [0.15, 0.2) is 64.9 Å². The molecule has 0 saturated carbocycles. The first-order valence-electron chi connectivity index (χ1n) is 9.74. The molecule has 4 rings (SSSR count). The number of hydrogen-bond donors (Lipinski definition) is 2. The van der Waals surface area contributed by atoms with Gasteiger partial charge in [-0.2, -0.15) is 0 Å². The van der Waals surface area contributed by atoms with Crippen molar-refractivity contribution in [1.29, 1.82) is 0 Å². The third kappa shape index (κ3) is 5.60. The molecule has 0 aliphatic carbocycles. The van der Waals surface area contributed by atoms with Gasteiger partial charge in [-0.15, -0.1) is 11.3 Å². The maximum atomic E-state index is 12.7. The Morgan fingerprint density at radius 2 is 1.71 bits per heavy atom. The number of ether oxygens (including phenoxy) is 1. The van der Waals surface area contributed by atoms with Crippen LogP contribution in [-0.2, 0) is 26.0 Å². The minimum Gasteiger partial charge on any atom is -0.378 e. The molecule has 2 heterocycles. The highest BCUT2D eigenvalue weighted by atomic mass is 32.2. The standard InChI is InChI=1S/C21H22N4O4S2/c26-20(25-10-12-29-13-11-25)14-18-15-30-21(23-18)24-31(27,28)19-8-6-17(7-9-19)22-16-4-2-1-3-5-16/h1-9,15,22H,10-14H2,(H,23,24). The number of benzene rings is 2. The number of carbonyl (C=O) groups excluding carboxylic acids is 1. The Labute approximate surface area is 184 Å². The van der Waals surface area contributed by atoms with Crippen LogP contribution in [0.25, 0.3) is 0 Å². The van der Waals surface area contributed by atoms with Crippen LogP contribution >= 0.6 is 11.3 Å². The zero-order chi connectivity index (χ0) is 21.7. The summed E-state index contributed by atoms with van der Waals surface area (Å²) < 4.78 is 33.1. The van der Waals surface area contributed by atoms with Crippen molar-refractivity contribution in [2.45, 2.75) is 11.3 Å². The molecule has 3 aromatic rings. The first-order valence-corrected chi connectivity index (χ1v) is 12.1. The molecule has 1 aliphatic heterocycles.